The molecule has 1 aliphatic rings. The van der Waals surface area contributed by atoms with Crippen molar-refractivity contribution in [1.82, 2.24) is 0 Å². The maximum absolute atomic E-state index is 6.02. The lowest BCUT2D eigenvalue weighted by atomic mass is 9.86. The van der Waals surface area contributed by atoms with Crippen LogP contribution < -0.4 is 5.73 Å². The minimum absolute atomic E-state index is 0.447. The third-order valence-electron chi connectivity index (χ3n) is 3.52. The largest absolute Gasteiger partial charge is 0.378 e. The first-order chi connectivity index (χ1) is 7.27. The highest BCUT2D eigenvalue weighted by molar-refractivity contribution is 4.76. The average molecular weight is 213 g/mol. The zero-order chi connectivity index (χ0) is 11.1. The molecule has 0 spiro atoms. The smallest absolute Gasteiger partial charge is 0.0615 e. The van der Waals surface area contributed by atoms with E-state index < -0.39 is 0 Å². The number of rotatable bonds is 6. The summed E-state index contributed by atoms with van der Waals surface area (Å²) in [6.07, 6.45) is 8.14. The first-order valence-corrected chi connectivity index (χ1v) is 6.59. The molecule has 0 radical (unpaired) electrons. The first-order valence-electron chi connectivity index (χ1n) is 6.59. The molecule has 3 atom stereocenters. The molecule has 15 heavy (non-hydrogen) atoms. The third kappa shape index (κ3) is 4.52. The average Bonchev–Trinajstić information content (AvgIpc) is 2.27. The Morgan fingerprint density at radius 3 is 2.73 bits per heavy atom. The molecular formula is C13H27NO. The maximum Gasteiger partial charge on any atom is 0.0615 e. The van der Waals surface area contributed by atoms with E-state index in [2.05, 4.69) is 13.8 Å². The van der Waals surface area contributed by atoms with Crippen LogP contribution in [-0.4, -0.2) is 19.3 Å². The van der Waals surface area contributed by atoms with Crippen LogP contribution in [0, 0.1) is 11.8 Å². The van der Waals surface area contributed by atoms with Crippen molar-refractivity contribution in [3.05, 3.63) is 0 Å². The molecule has 1 saturated carbocycles. The summed E-state index contributed by atoms with van der Waals surface area (Å²) in [6.45, 7) is 6.24. The van der Waals surface area contributed by atoms with Gasteiger partial charge in [0.1, 0.15) is 0 Å². The fourth-order valence-electron chi connectivity index (χ4n) is 2.53. The minimum Gasteiger partial charge on any atom is -0.378 e. The Hall–Kier alpha value is -0.0800. The molecule has 2 N–H and O–H groups in total. The van der Waals surface area contributed by atoms with Crippen molar-refractivity contribution in [3.63, 3.8) is 0 Å². The van der Waals surface area contributed by atoms with E-state index in [0.717, 1.165) is 13.2 Å². The number of nitrogens with two attached hydrogens (primary N) is 1. The highest BCUT2D eigenvalue weighted by atomic mass is 16.5. The van der Waals surface area contributed by atoms with Gasteiger partial charge in [-0.25, -0.2) is 0 Å². The predicted molar refractivity (Wildman–Crippen MR) is 64.8 cm³/mol. The minimum atomic E-state index is 0.447. The highest BCUT2D eigenvalue weighted by Gasteiger charge is 2.24. The molecule has 0 aliphatic heterocycles. The second-order valence-electron chi connectivity index (χ2n) is 5.05. The lowest BCUT2D eigenvalue weighted by Gasteiger charge is -2.31. The molecule has 0 aromatic heterocycles. The van der Waals surface area contributed by atoms with E-state index in [0.29, 0.717) is 17.9 Å². The zero-order valence-electron chi connectivity index (χ0n) is 10.4. The van der Waals surface area contributed by atoms with Crippen LogP contribution in [0.25, 0.3) is 0 Å². The molecule has 0 heterocycles. The molecule has 90 valence electrons. The Balaban J connectivity index is 2.22. The van der Waals surface area contributed by atoms with E-state index in [4.69, 9.17) is 10.5 Å². The fraction of sp³-hybridized carbons (Fsp3) is 1.00. The van der Waals surface area contributed by atoms with Gasteiger partial charge in [0.15, 0.2) is 0 Å². The summed E-state index contributed by atoms with van der Waals surface area (Å²) in [7, 11) is 0. The van der Waals surface area contributed by atoms with Crippen LogP contribution in [0.5, 0.6) is 0 Å². The molecule has 3 unspecified atom stereocenters. The van der Waals surface area contributed by atoms with E-state index in [9.17, 15) is 0 Å². The van der Waals surface area contributed by atoms with Gasteiger partial charge < -0.3 is 10.5 Å². The monoisotopic (exact) mass is 213 g/mol. The van der Waals surface area contributed by atoms with Crippen molar-refractivity contribution in [2.45, 2.75) is 58.5 Å². The molecule has 1 fully saturated rings. The second-order valence-corrected chi connectivity index (χ2v) is 5.05. The molecule has 0 amide bonds. The second kappa shape index (κ2) is 7.24. The molecule has 0 bridgehead atoms. The molecule has 0 saturated heterocycles. The number of ether oxygens (including phenoxy) is 1. The molecule has 1 rings (SSSR count). The number of hydrogen-bond acceptors (Lipinski definition) is 2. The van der Waals surface area contributed by atoms with Gasteiger partial charge in [0.2, 0.25) is 0 Å². The van der Waals surface area contributed by atoms with Crippen LogP contribution in [0.3, 0.4) is 0 Å². The van der Waals surface area contributed by atoms with Crippen molar-refractivity contribution < 1.29 is 4.74 Å². The van der Waals surface area contributed by atoms with E-state index in [-0.39, 0.29) is 0 Å². The van der Waals surface area contributed by atoms with Gasteiger partial charge in [0.05, 0.1) is 6.10 Å². The van der Waals surface area contributed by atoms with E-state index in [1.165, 1.54) is 38.5 Å². The summed E-state index contributed by atoms with van der Waals surface area (Å²) in [6, 6.07) is 0. The molecule has 0 aromatic rings. The quantitative estimate of drug-likeness (QED) is 0.736. The van der Waals surface area contributed by atoms with Gasteiger partial charge >= 0.3 is 0 Å². The SMILES string of the molecule is CCCC(C)COC1CCCCC1CN. The van der Waals surface area contributed by atoms with Crippen molar-refractivity contribution >= 4 is 0 Å². The predicted octanol–water partition coefficient (Wildman–Crippen LogP) is 2.96. The van der Waals surface area contributed by atoms with Gasteiger partial charge in [-0.15, -0.1) is 0 Å². The Kier molecular flexibility index (Phi) is 6.26. The van der Waals surface area contributed by atoms with Gasteiger partial charge in [0, 0.05) is 6.61 Å². The van der Waals surface area contributed by atoms with Crippen LogP contribution in [0.2, 0.25) is 0 Å². The normalized spacial score (nSPS) is 29.0. The summed E-state index contributed by atoms with van der Waals surface area (Å²) in [5.41, 5.74) is 5.78. The fourth-order valence-corrected chi connectivity index (χ4v) is 2.53. The molecule has 0 aromatic carbocycles. The molecular weight excluding hydrogens is 186 g/mol. The van der Waals surface area contributed by atoms with Gasteiger partial charge in [0.25, 0.3) is 0 Å². The van der Waals surface area contributed by atoms with Crippen molar-refractivity contribution in [1.29, 1.82) is 0 Å². The van der Waals surface area contributed by atoms with Crippen LogP contribution in [0.4, 0.5) is 0 Å². The Morgan fingerprint density at radius 2 is 2.07 bits per heavy atom. The highest BCUT2D eigenvalue weighted by Crippen LogP contribution is 2.26. The standard InChI is InChI=1S/C13H27NO/c1-3-6-11(2)10-15-13-8-5-4-7-12(13)9-14/h11-13H,3-10,14H2,1-2H3. The lowest BCUT2D eigenvalue weighted by molar-refractivity contribution is -0.0230. The summed E-state index contributed by atoms with van der Waals surface area (Å²) >= 11 is 0. The molecule has 1 aliphatic carbocycles. The van der Waals surface area contributed by atoms with Gasteiger partial charge in [-0.3, -0.25) is 0 Å². The maximum atomic E-state index is 6.02. The summed E-state index contributed by atoms with van der Waals surface area (Å²) < 4.78 is 6.02. The van der Waals surface area contributed by atoms with Crippen LogP contribution >= 0.6 is 0 Å². The van der Waals surface area contributed by atoms with Crippen molar-refractivity contribution in [2.24, 2.45) is 17.6 Å². The summed E-state index contributed by atoms with van der Waals surface area (Å²) in [5.74, 6) is 1.32. The topological polar surface area (TPSA) is 35.2 Å². The van der Waals surface area contributed by atoms with Gasteiger partial charge in [-0.1, -0.05) is 33.1 Å². The Bertz CT molecular complexity index is 161. The molecule has 2 nitrogen and oxygen atoms in total. The van der Waals surface area contributed by atoms with E-state index >= 15 is 0 Å². The summed E-state index contributed by atoms with van der Waals surface area (Å²) in [4.78, 5) is 0. The van der Waals surface area contributed by atoms with Gasteiger partial charge in [-0.05, 0) is 37.6 Å². The van der Waals surface area contributed by atoms with Crippen molar-refractivity contribution in [3.8, 4) is 0 Å². The first kappa shape index (κ1) is 13.0. The van der Waals surface area contributed by atoms with E-state index in [1.54, 1.807) is 0 Å². The number of hydrogen-bond donors (Lipinski definition) is 1. The van der Waals surface area contributed by atoms with Crippen molar-refractivity contribution in [2.75, 3.05) is 13.2 Å². The lowest BCUT2D eigenvalue weighted by Crippen LogP contribution is -2.34. The van der Waals surface area contributed by atoms with Gasteiger partial charge in [-0.2, -0.15) is 0 Å². The zero-order valence-corrected chi connectivity index (χ0v) is 10.4. The Morgan fingerprint density at radius 1 is 1.33 bits per heavy atom. The molecule has 2 heteroatoms. The van der Waals surface area contributed by atoms with Crippen LogP contribution in [0.1, 0.15) is 52.4 Å². The Labute approximate surface area is 94.6 Å². The van der Waals surface area contributed by atoms with Crippen LogP contribution in [0.15, 0.2) is 0 Å². The van der Waals surface area contributed by atoms with Crippen LogP contribution in [-0.2, 0) is 4.74 Å². The third-order valence-corrected chi connectivity index (χ3v) is 3.52. The summed E-state index contributed by atoms with van der Waals surface area (Å²) in [5, 5.41) is 0. The van der Waals surface area contributed by atoms with E-state index in [1.807, 2.05) is 0 Å².